The zero-order chi connectivity index (χ0) is 15.5. The van der Waals surface area contributed by atoms with Gasteiger partial charge in [0.1, 0.15) is 5.75 Å². The van der Waals surface area contributed by atoms with Gasteiger partial charge in [0.05, 0.1) is 22.6 Å². The van der Waals surface area contributed by atoms with E-state index in [0.29, 0.717) is 5.75 Å². The predicted molar refractivity (Wildman–Crippen MR) is 84.9 cm³/mol. The van der Waals surface area contributed by atoms with Crippen molar-refractivity contribution in [3.63, 3.8) is 0 Å². The molecule has 1 aliphatic rings. The fourth-order valence-electron chi connectivity index (χ4n) is 2.09. The molecule has 5 nitrogen and oxygen atoms in total. The SMILES string of the molecule is COc1ccc(S(=O)(=O)NC[C@@]2(OC)CCSC2)cc1Cl. The number of hydrogen-bond donors (Lipinski definition) is 1. The van der Waals surface area contributed by atoms with Gasteiger partial charge >= 0.3 is 0 Å². The lowest BCUT2D eigenvalue weighted by molar-refractivity contribution is 0.0179. The molecule has 0 aromatic heterocycles. The number of hydrogen-bond acceptors (Lipinski definition) is 5. The van der Waals surface area contributed by atoms with Gasteiger partial charge in [0.25, 0.3) is 0 Å². The van der Waals surface area contributed by atoms with Crippen molar-refractivity contribution >= 4 is 33.4 Å². The average Bonchev–Trinajstić information content (AvgIpc) is 2.95. The Bertz CT molecular complexity index is 600. The summed E-state index contributed by atoms with van der Waals surface area (Å²) in [6.07, 6.45) is 0.833. The van der Waals surface area contributed by atoms with Gasteiger partial charge in [-0.2, -0.15) is 11.8 Å². The summed E-state index contributed by atoms with van der Waals surface area (Å²) in [7, 11) is -0.527. The molecular weight excluding hydrogens is 334 g/mol. The fourth-order valence-corrected chi connectivity index (χ4v) is 4.94. The molecule has 1 heterocycles. The molecule has 1 saturated heterocycles. The van der Waals surface area contributed by atoms with E-state index in [0.717, 1.165) is 17.9 Å². The van der Waals surface area contributed by atoms with E-state index < -0.39 is 15.6 Å². The van der Waals surface area contributed by atoms with Gasteiger partial charge in [-0.15, -0.1) is 0 Å². The molecule has 0 unspecified atom stereocenters. The number of benzene rings is 1. The molecule has 0 radical (unpaired) electrons. The van der Waals surface area contributed by atoms with Crippen LogP contribution in [0, 0.1) is 0 Å². The number of nitrogens with one attached hydrogen (secondary N) is 1. The van der Waals surface area contributed by atoms with Crippen LogP contribution in [0.3, 0.4) is 0 Å². The molecule has 0 spiro atoms. The molecule has 118 valence electrons. The van der Waals surface area contributed by atoms with Crippen molar-refractivity contribution in [1.29, 1.82) is 0 Å². The molecule has 1 atom stereocenters. The Morgan fingerprint density at radius 2 is 2.19 bits per heavy atom. The van der Waals surface area contributed by atoms with E-state index in [9.17, 15) is 8.42 Å². The molecule has 1 fully saturated rings. The predicted octanol–water partition coefficient (Wildman–Crippen LogP) is 2.15. The van der Waals surface area contributed by atoms with E-state index in [1.807, 2.05) is 0 Å². The van der Waals surface area contributed by atoms with Crippen LogP contribution >= 0.6 is 23.4 Å². The van der Waals surface area contributed by atoms with E-state index in [1.54, 1.807) is 18.9 Å². The van der Waals surface area contributed by atoms with Crippen LogP contribution in [-0.2, 0) is 14.8 Å². The van der Waals surface area contributed by atoms with Crippen molar-refractivity contribution < 1.29 is 17.9 Å². The molecule has 1 aromatic rings. The maximum absolute atomic E-state index is 12.3. The Balaban J connectivity index is 2.13. The van der Waals surface area contributed by atoms with E-state index in [4.69, 9.17) is 21.1 Å². The molecule has 0 amide bonds. The van der Waals surface area contributed by atoms with Gasteiger partial charge in [0, 0.05) is 19.4 Å². The highest BCUT2D eigenvalue weighted by atomic mass is 35.5. The molecule has 0 aliphatic carbocycles. The van der Waals surface area contributed by atoms with Gasteiger partial charge in [0.2, 0.25) is 10.0 Å². The lowest BCUT2D eigenvalue weighted by atomic mass is 10.0. The number of thioether (sulfide) groups is 1. The van der Waals surface area contributed by atoms with Gasteiger partial charge in [-0.1, -0.05) is 11.6 Å². The Morgan fingerprint density at radius 1 is 1.43 bits per heavy atom. The molecular formula is C13H18ClNO4S2. The van der Waals surface area contributed by atoms with Crippen LogP contribution in [0.15, 0.2) is 23.1 Å². The van der Waals surface area contributed by atoms with Crippen LogP contribution in [0.2, 0.25) is 5.02 Å². The molecule has 1 N–H and O–H groups in total. The third kappa shape index (κ3) is 3.84. The highest BCUT2D eigenvalue weighted by Crippen LogP contribution is 2.31. The van der Waals surface area contributed by atoms with Crippen molar-refractivity contribution in [2.75, 3.05) is 32.3 Å². The van der Waals surface area contributed by atoms with Crippen LogP contribution in [0.5, 0.6) is 5.75 Å². The van der Waals surface area contributed by atoms with Crippen molar-refractivity contribution in [3.05, 3.63) is 23.2 Å². The molecule has 0 bridgehead atoms. The quantitative estimate of drug-likeness (QED) is 0.850. The zero-order valence-corrected chi connectivity index (χ0v) is 14.3. The standard InChI is InChI=1S/C13H18ClNO4S2/c1-18-12-4-3-10(7-11(12)14)21(16,17)15-8-13(19-2)5-6-20-9-13/h3-4,7,15H,5-6,8-9H2,1-2H3/t13-/m0/s1. The summed E-state index contributed by atoms with van der Waals surface area (Å²) in [6, 6.07) is 4.38. The zero-order valence-electron chi connectivity index (χ0n) is 11.9. The first-order valence-electron chi connectivity index (χ1n) is 6.38. The maximum Gasteiger partial charge on any atom is 0.240 e. The second kappa shape index (κ2) is 6.75. The fraction of sp³-hybridized carbons (Fsp3) is 0.538. The summed E-state index contributed by atoms with van der Waals surface area (Å²) in [5, 5.41) is 0.262. The van der Waals surface area contributed by atoms with Crippen molar-refractivity contribution in [3.8, 4) is 5.75 Å². The number of halogens is 1. The third-order valence-electron chi connectivity index (χ3n) is 3.52. The Kier molecular flexibility index (Phi) is 5.43. The first kappa shape index (κ1) is 16.9. The van der Waals surface area contributed by atoms with Gasteiger partial charge in [-0.05, 0) is 30.4 Å². The first-order valence-corrected chi connectivity index (χ1v) is 9.40. The summed E-state index contributed by atoms with van der Waals surface area (Å²) in [4.78, 5) is 0.116. The maximum atomic E-state index is 12.3. The van der Waals surface area contributed by atoms with Crippen molar-refractivity contribution in [2.45, 2.75) is 16.9 Å². The summed E-state index contributed by atoms with van der Waals surface area (Å²) in [5.74, 6) is 2.20. The van der Waals surface area contributed by atoms with Crippen LogP contribution in [0.4, 0.5) is 0 Å². The average molecular weight is 352 g/mol. The van der Waals surface area contributed by atoms with Crippen LogP contribution in [0.1, 0.15) is 6.42 Å². The summed E-state index contributed by atoms with van der Waals surface area (Å²) in [6.45, 7) is 0.252. The van der Waals surface area contributed by atoms with Crippen LogP contribution in [-0.4, -0.2) is 46.3 Å². The minimum absolute atomic E-state index is 0.116. The van der Waals surface area contributed by atoms with Gasteiger partial charge in [0.15, 0.2) is 0 Å². The topological polar surface area (TPSA) is 64.6 Å². The number of sulfonamides is 1. The van der Waals surface area contributed by atoms with E-state index in [2.05, 4.69) is 4.72 Å². The normalized spacial score (nSPS) is 22.4. The van der Waals surface area contributed by atoms with E-state index >= 15 is 0 Å². The lowest BCUT2D eigenvalue weighted by Gasteiger charge is -2.26. The Morgan fingerprint density at radius 3 is 2.71 bits per heavy atom. The number of ether oxygens (including phenoxy) is 2. The Hall–Kier alpha value is -0.470. The number of rotatable bonds is 6. The molecule has 2 rings (SSSR count). The second-order valence-corrected chi connectivity index (χ2v) is 8.09. The van der Waals surface area contributed by atoms with E-state index in [-0.39, 0.29) is 16.5 Å². The molecule has 0 saturated carbocycles. The largest absolute Gasteiger partial charge is 0.495 e. The van der Waals surface area contributed by atoms with Crippen molar-refractivity contribution in [1.82, 2.24) is 4.72 Å². The first-order chi connectivity index (χ1) is 9.92. The van der Waals surface area contributed by atoms with Crippen LogP contribution < -0.4 is 9.46 Å². The van der Waals surface area contributed by atoms with Gasteiger partial charge in [-0.25, -0.2) is 13.1 Å². The van der Waals surface area contributed by atoms with Crippen LogP contribution in [0.25, 0.3) is 0 Å². The molecule has 8 heteroatoms. The highest BCUT2D eigenvalue weighted by molar-refractivity contribution is 7.99. The summed E-state index contributed by atoms with van der Waals surface area (Å²) < 4.78 is 37.8. The minimum atomic E-state index is -3.62. The highest BCUT2D eigenvalue weighted by Gasteiger charge is 2.35. The molecule has 1 aliphatic heterocycles. The Labute approximate surface area is 134 Å². The van der Waals surface area contributed by atoms with Gasteiger partial charge < -0.3 is 9.47 Å². The second-order valence-electron chi connectivity index (χ2n) is 4.81. The third-order valence-corrected chi connectivity index (χ3v) is 6.44. The van der Waals surface area contributed by atoms with Gasteiger partial charge in [-0.3, -0.25) is 0 Å². The van der Waals surface area contributed by atoms with Crippen molar-refractivity contribution in [2.24, 2.45) is 0 Å². The number of methoxy groups -OCH3 is 2. The monoisotopic (exact) mass is 351 g/mol. The molecule has 21 heavy (non-hydrogen) atoms. The molecule has 1 aromatic carbocycles. The lowest BCUT2D eigenvalue weighted by Crippen LogP contribution is -2.44. The summed E-state index contributed by atoms with van der Waals surface area (Å²) in [5.41, 5.74) is -0.423. The minimum Gasteiger partial charge on any atom is -0.495 e. The smallest absolute Gasteiger partial charge is 0.240 e. The summed E-state index contributed by atoms with van der Waals surface area (Å²) >= 11 is 7.73. The van der Waals surface area contributed by atoms with E-state index in [1.165, 1.54) is 25.3 Å².